The van der Waals surface area contributed by atoms with E-state index < -0.39 is 0 Å². The standard InChI is InChI=1S/C16H24N2O2/c1-3-9-17(10-4-2)11-8-13-6-5-7-15-14(13)12-16(19)18(15)20/h5-7,12,19-20H,3-4,8-11H2,1-2H3. The molecule has 0 fully saturated rings. The summed E-state index contributed by atoms with van der Waals surface area (Å²) in [6.07, 6.45) is 3.26. The lowest BCUT2D eigenvalue weighted by atomic mass is 10.1. The number of hydrogen-bond donors (Lipinski definition) is 2. The molecule has 0 unspecified atom stereocenters. The van der Waals surface area contributed by atoms with E-state index in [-0.39, 0.29) is 5.88 Å². The van der Waals surface area contributed by atoms with E-state index in [1.807, 2.05) is 12.1 Å². The average molecular weight is 276 g/mol. The Balaban J connectivity index is 2.15. The van der Waals surface area contributed by atoms with Gasteiger partial charge in [-0.05, 0) is 44.0 Å². The molecule has 110 valence electrons. The molecule has 0 aliphatic heterocycles. The zero-order valence-electron chi connectivity index (χ0n) is 12.3. The van der Waals surface area contributed by atoms with E-state index in [1.54, 1.807) is 6.07 Å². The molecule has 2 aromatic rings. The number of hydrogen-bond acceptors (Lipinski definition) is 3. The van der Waals surface area contributed by atoms with Gasteiger partial charge in [0, 0.05) is 18.0 Å². The van der Waals surface area contributed by atoms with Crippen molar-refractivity contribution in [2.24, 2.45) is 0 Å². The number of aromatic hydroxyl groups is 1. The van der Waals surface area contributed by atoms with Crippen LogP contribution in [0.3, 0.4) is 0 Å². The van der Waals surface area contributed by atoms with Crippen LogP contribution in [0.4, 0.5) is 0 Å². The average Bonchev–Trinajstić information content (AvgIpc) is 2.73. The molecular weight excluding hydrogens is 252 g/mol. The van der Waals surface area contributed by atoms with Gasteiger partial charge in [0.15, 0.2) is 0 Å². The van der Waals surface area contributed by atoms with E-state index in [0.717, 1.165) is 49.0 Å². The minimum atomic E-state index is -0.105. The molecule has 0 amide bonds. The third-order valence-corrected chi connectivity index (χ3v) is 3.67. The van der Waals surface area contributed by atoms with Crippen LogP contribution in [-0.4, -0.2) is 39.6 Å². The topological polar surface area (TPSA) is 48.6 Å². The van der Waals surface area contributed by atoms with Crippen molar-refractivity contribution >= 4 is 10.9 Å². The van der Waals surface area contributed by atoms with E-state index in [9.17, 15) is 10.3 Å². The lowest BCUT2D eigenvalue weighted by Gasteiger charge is -2.21. The van der Waals surface area contributed by atoms with E-state index in [1.165, 1.54) is 5.56 Å². The van der Waals surface area contributed by atoms with Crippen molar-refractivity contribution in [2.75, 3.05) is 19.6 Å². The molecule has 1 heterocycles. The Morgan fingerprint density at radius 2 is 1.80 bits per heavy atom. The molecule has 4 nitrogen and oxygen atoms in total. The molecule has 20 heavy (non-hydrogen) atoms. The molecule has 1 aromatic heterocycles. The minimum Gasteiger partial charge on any atom is -0.492 e. The van der Waals surface area contributed by atoms with Crippen LogP contribution < -0.4 is 0 Å². The van der Waals surface area contributed by atoms with Crippen LogP contribution in [0.25, 0.3) is 10.9 Å². The summed E-state index contributed by atoms with van der Waals surface area (Å²) < 4.78 is 0.842. The van der Waals surface area contributed by atoms with E-state index in [0.29, 0.717) is 5.52 Å². The summed E-state index contributed by atoms with van der Waals surface area (Å²) >= 11 is 0. The summed E-state index contributed by atoms with van der Waals surface area (Å²) in [6, 6.07) is 7.44. The summed E-state index contributed by atoms with van der Waals surface area (Å²) in [7, 11) is 0. The Hall–Kier alpha value is -1.68. The Kier molecular flexibility index (Phi) is 4.90. The zero-order valence-corrected chi connectivity index (χ0v) is 12.3. The molecule has 2 rings (SSSR count). The molecule has 0 atom stereocenters. The van der Waals surface area contributed by atoms with Crippen molar-refractivity contribution in [3.05, 3.63) is 29.8 Å². The van der Waals surface area contributed by atoms with Gasteiger partial charge in [-0.3, -0.25) is 0 Å². The maximum atomic E-state index is 9.72. The van der Waals surface area contributed by atoms with Gasteiger partial charge in [0.2, 0.25) is 5.88 Å². The van der Waals surface area contributed by atoms with Gasteiger partial charge in [0.05, 0.1) is 5.52 Å². The fraction of sp³-hybridized carbons (Fsp3) is 0.500. The predicted molar refractivity (Wildman–Crippen MR) is 81.5 cm³/mol. The Bertz CT molecular complexity index is 557. The van der Waals surface area contributed by atoms with Crippen LogP contribution in [0, 0.1) is 0 Å². The van der Waals surface area contributed by atoms with E-state index in [2.05, 4.69) is 24.8 Å². The van der Waals surface area contributed by atoms with E-state index >= 15 is 0 Å². The maximum absolute atomic E-state index is 9.72. The second-order valence-electron chi connectivity index (χ2n) is 5.26. The highest BCUT2D eigenvalue weighted by Gasteiger charge is 2.11. The van der Waals surface area contributed by atoms with Gasteiger partial charge in [0.1, 0.15) is 0 Å². The molecule has 0 saturated carbocycles. The Morgan fingerprint density at radius 1 is 1.10 bits per heavy atom. The third kappa shape index (κ3) is 3.07. The summed E-state index contributed by atoms with van der Waals surface area (Å²) in [5, 5.41) is 20.3. The molecule has 0 aliphatic rings. The lowest BCUT2D eigenvalue weighted by molar-refractivity contribution is 0.167. The maximum Gasteiger partial charge on any atom is 0.225 e. The molecule has 0 aliphatic carbocycles. The van der Waals surface area contributed by atoms with Crippen LogP contribution in [-0.2, 0) is 6.42 Å². The van der Waals surface area contributed by atoms with Gasteiger partial charge in [-0.25, -0.2) is 0 Å². The first kappa shape index (κ1) is 14.7. The normalized spacial score (nSPS) is 11.6. The summed E-state index contributed by atoms with van der Waals surface area (Å²) in [5.41, 5.74) is 1.83. The fourth-order valence-corrected chi connectivity index (χ4v) is 2.73. The van der Waals surface area contributed by atoms with Crippen molar-refractivity contribution in [1.29, 1.82) is 0 Å². The molecule has 4 heteroatoms. The van der Waals surface area contributed by atoms with Gasteiger partial charge < -0.3 is 15.2 Å². The van der Waals surface area contributed by atoms with Gasteiger partial charge in [-0.1, -0.05) is 26.0 Å². The van der Waals surface area contributed by atoms with Crippen molar-refractivity contribution in [2.45, 2.75) is 33.1 Å². The Morgan fingerprint density at radius 3 is 2.45 bits per heavy atom. The lowest BCUT2D eigenvalue weighted by Crippen LogP contribution is -2.27. The smallest absolute Gasteiger partial charge is 0.225 e. The quantitative estimate of drug-likeness (QED) is 0.763. The first-order valence-corrected chi connectivity index (χ1v) is 7.41. The van der Waals surface area contributed by atoms with Crippen LogP contribution in [0.1, 0.15) is 32.3 Å². The van der Waals surface area contributed by atoms with Gasteiger partial charge in [-0.15, -0.1) is 0 Å². The largest absolute Gasteiger partial charge is 0.492 e. The number of aromatic nitrogens is 1. The number of nitrogens with zero attached hydrogens (tertiary/aromatic N) is 2. The second kappa shape index (κ2) is 6.66. The monoisotopic (exact) mass is 276 g/mol. The molecule has 0 spiro atoms. The first-order chi connectivity index (χ1) is 9.67. The van der Waals surface area contributed by atoms with Crippen molar-refractivity contribution in [3.63, 3.8) is 0 Å². The van der Waals surface area contributed by atoms with Crippen LogP contribution in [0.15, 0.2) is 24.3 Å². The van der Waals surface area contributed by atoms with E-state index in [4.69, 9.17) is 0 Å². The van der Waals surface area contributed by atoms with Crippen LogP contribution in [0.2, 0.25) is 0 Å². The van der Waals surface area contributed by atoms with Crippen LogP contribution in [0.5, 0.6) is 5.88 Å². The second-order valence-corrected chi connectivity index (χ2v) is 5.26. The summed E-state index contributed by atoms with van der Waals surface area (Å²) in [5.74, 6) is -0.105. The summed E-state index contributed by atoms with van der Waals surface area (Å²) in [4.78, 5) is 2.47. The highest BCUT2D eigenvalue weighted by molar-refractivity contribution is 5.85. The highest BCUT2D eigenvalue weighted by atomic mass is 16.5. The number of fused-ring (bicyclic) bond motifs is 1. The molecular formula is C16H24N2O2. The van der Waals surface area contributed by atoms with Crippen molar-refractivity contribution < 1.29 is 10.3 Å². The molecule has 2 N–H and O–H groups in total. The number of benzene rings is 1. The molecule has 0 bridgehead atoms. The molecule has 1 aromatic carbocycles. The van der Waals surface area contributed by atoms with Gasteiger partial charge in [0.25, 0.3) is 0 Å². The predicted octanol–water partition coefficient (Wildman–Crippen LogP) is 3.25. The third-order valence-electron chi connectivity index (χ3n) is 3.67. The highest BCUT2D eigenvalue weighted by Crippen LogP contribution is 2.26. The Labute approximate surface area is 120 Å². The molecule has 0 saturated heterocycles. The fourth-order valence-electron chi connectivity index (χ4n) is 2.73. The molecule has 0 radical (unpaired) electrons. The van der Waals surface area contributed by atoms with Gasteiger partial charge in [-0.2, -0.15) is 4.73 Å². The summed E-state index contributed by atoms with van der Waals surface area (Å²) in [6.45, 7) is 7.66. The zero-order chi connectivity index (χ0) is 14.5. The van der Waals surface area contributed by atoms with Crippen LogP contribution >= 0.6 is 0 Å². The SMILES string of the molecule is CCCN(CCC)CCc1cccc2c1cc(O)n2O. The number of rotatable bonds is 7. The minimum absolute atomic E-state index is 0.105. The van der Waals surface area contributed by atoms with Gasteiger partial charge >= 0.3 is 0 Å². The first-order valence-electron chi connectivity index (χ1n) is 7.41. The van der Waals surface area contributed by atoms with Crippen molar-refractivity contribution in [3.8, 4) is 5.88 Å². The van der Waals surface area contributed by atoms with Crippen molar-refractivity contribution in [1.82, 2.24) is 9.63 Å².